The molecule has 2 aromatic carbocycles. The number of ether oxygens (including phenoxy) is 2. The Labute approximate surface area is 171 Å². The number of para-hydroxylation sites is 1. The van der Waals surface area contributed by atoms with Crippen LogP contribution in [0.15, 0.2) is 48.5 Å². The molecule has 3 rings (SSSR count). The summed E-state index contributed by atoms with van der Waals surface area (Å²) in [5.74, 6) is 1.16. The van der Waals surface area contributed by atoms with Gasteiger partial charge in [0, 0.05) is 26.2 Å². The Hall–Kier alpha value is -2.66. The molecular formula is C22H25ClN2O3. The highest BCUT2D eigenvalue weighted by atomic mass is 35.5. The van der Waals surface area contributed by atoms with E-state index in [1.165, 1.54) is 0 Å². The first-order chi connectivity index (χ1) is 13.6. The van der Waals surface area contributed by atoms with Crippen LogP contribution in [0.5, 0.6) is 11.5 Å². The van der Waals surface area contributed by atoms with Gasteiger partial charge in [-0.2, -0.15) is 0 Å². The van der Waals surface area contributed by atoms with E-state index >= 15 is 0 Å². The van der Waals surface area contributed by atoms with Crippen molar-refractivity contribution in [3.63, 3.8) is 0 Å². The molecule has 1 heterocycles. The van der Waals surface area contributed by atoms with E-state index in [9.17, 15) is 4.79 Å². The fourth-order valence-corrected chi connectivity index (χ4v) is 3.49. The average molecular weight is 401 g/mol. The zero-order valence-electron chi connectivity index (χ0n) is 16.2. The molecule has 0 radical (unpaired) electrons. The predicted molar refractivity (Wildman–Crippen MR) is 113 cm³/mol. The number of hydrogen-bond acceptors (Lipinski definition) is 4. The number of amides is 1. The third-order valence-corrected chi connectivity index (χ3v) is 5.04. The van der Waals surface area contributed by atoms with Gasteiger partial charge in [0.15, 0.2) is 18.1 Å². The summed E-state index contributed by atoms with van der Waals surface area (Å²) in [5, 5.41) is 0.735. The van der Waals surface area contributed by atoms with E-state index in [0.29, 0.717) is 24.6 Å². The zero-order valence-corrected chi connectivity index (χ0v) is 17.0. The second kappa shape index (κ2) is 9.51. The average Bonchev–Trinajstić information content (AvgIpc) is 2.73. The van der Waals surface area contributed by atoms with Gasteiger partial charge < -0.3 is 19.3 Å². The number of piperazine rings is 1. The van der Waals surface area contributed by atoms with E-state index < -0.39 is 0 Å². The molecule has 6 heteroatoms. The van der Waals surface area contributed by atoms with E-state index in [1.807, 2.05) is 66.4 Å². The number of rotatable bonds is 6. The van der Waals surface area contributed by atoms with Gasteiger partial charge in [0.25, 0.3) is 5.91 Å². The van der Waals surface area contributed by atoms with Crippen molar-refractivity contribution in [2.45, 2.75) is 6.92 Å². The lowest BCUT2D eigenvalue weighted by Crippen LogP contribution is -2.50. The second-order valence-electron chi connectivity index (χ2n) is 6.52. The molecular weight excluding hydrogens is 376 g/mol. The van der Waals surface area contributed by atoms with Crippen molar-refractivity contribution in [2.75, 3.05) is 44.8 Å². The highest BCUT2D eigenvalue weighted by molar-refractivity contribution is 6.33. The molecule has 1 saturated heterocycles. The number of allylic oxidation sites excluding steroid dienone is 1. The number of hydrogen-bond donors (Lipinski definition) is 0. The van der Waals surface area contributed by atoms with Crippen LogP contribution in [-0.4, -0.2) is 50.7 Å². The molecule has 148 valence electrons. The normalized spacial score (nSPS) is 14.4. The summed E-state index contributed by atoms with van der Waals surface area (Å²) in [5.41, 5.74) is 2.03. The van der Waals surface area contributed by atoms with Crippen LogP contribution in [0.4, 0.5) is 5.69 Å². The van der Waals surface area contributed by atoms with Crippen molar-refractivity contribution in [3.05, 3.63) is 59.1 Å². The number of halogens is 1. The molecule has 1 aliphatic rings. The van der Waals surface area contributed by atoms with Gasteiger partial charge in [-0.15, -0.1) is 0 Å². The first-order valence-electron chi connectivity index (χ1n) is 9.33. The van der Waals surface area contributed by atoms with Crippen molar-refractivity contribution in [3.8, 4) is 11.5 Å². The van der Waals surface area contributed by atoms with Gasteiger partial charge in [0.2, 0.25) is 0 Å². The summed E-state index contributed by atoms with van der Waals surface area (Å²) in [7, 11) is 1.59. The first kappa shape index (κ1) is 20.1. The first-order valence-corrected chi connectivity index (χ1v) is 9.71. The van der Waals surface area contributed by atoms with Crippen LogP contribution < -0.4 is 14.4 Å². The number of carbonyl (C=O) groups is 1. The summed E-state index contributed by atoms with van der Waals surface area (Å²) in [6.07, 6.45) is 3.94. The molecule has 0 atom stereocenters. The smallest absolute Gasteiger partial charge is 0.260 e. The largest absolute Gasteiger partial charge is 0.493 e. The number of nitrogens with zero attached hydrogens (tertiary/aromatic N) is 2. The highest BCUT2D eigenvalue weighted by Gasteiger charge is 2.22. The molecule has 0 bridgehead atoms. The van der Waals surface area contributed by atoms with Gasteiger partial charge in [-0.3, -0.25) is 4.79 Å². The minimum Gasteiger partial charge on any atom is -0.493 e. The molecule has 28 heavy (non-hydrogen) atoms. The second-order valence-corrected chi connectivity index (χ2v) is 6.93. The Balaban J connectivity index is 1.54. The molecule has 0 spiro atoms. The number of anilines is 1. The number of benzene rings is 2. The van der Waals surface area contributed by atoms with E-state index in [-0.39, 0.29) is 12.5 Å². The molecule has 0 saturated carbocycles. The zero-order chi connectivity index (χ0) is 19.9. The van der Waals surface area contributed by atoms with Crippen LogP contribution in [-0.2, 0) is 4.79 Å². The molecule has 1 aliphatic heterocycles. The lowest BCUT2D eigenvalue weighted by molar-refractivity contribution is -0.133. The topological polar surface area (TPSA) is 42.0 Å². The minimum atomic E-state index is -0.0293. The summed E-state index contributed by atoms with van der Waals surface area (Å²) in [6, 6.07) is 13.4. The number of carbonyl (C=O) groups excluding carboxylic acids is 1. The van der Waals surface area contributed by atoms with Crippen LogP contribution in [0.1, 0.15) is 12.5 Å². The van der Waals surface area contributed by atoms with Crippen LogP contribution in [0, 0.1) is 0 Å². The Kier molecular flexibility index (Phi) is 6.82. The Bertz CT molecular complexity index is 845. The van der Waals surface area contributed by atoms with Crippen molar-refractivity contribution in [1.82, 2.24) is 4.90 Å². The summed E-state index contributed by atoms with van der Waals surface area (Å²) in [6.45, 7) is 4.73. The van der Waals surface area contributed by atoms with Gasteiger partial charge in [0.05, 0.1) is 17.8 Å². The molecule has 1 fully saturated rings. The third kappa shape index (κ3) is 4.78. The molecule has 1 amide bonds. The molecule has 0 unspecified atom stereocenters. The van der Waals surface area contributed by atoms with Gasteiger partial charge >= 0.3 is 0 Å². The van der Waals surface area contributed by atoms with Crippen LogP contribution in [0.3, 0.4) is 0 Å². The summed E-state index contributed by atoms with van der Waals surface area (Å²) in [4.78, 5) is 16.6. The van der Waals surface area contributed by atoms with Crippen LogP contribution >= 0.6 is 11.6 Å². The molecule has 0 N–H and O–H groups in total. The Morgan fingerprint density at radius 2 is 1.86 bits per heavy atom. The number of methoxy groups -OCH3 is 1. The van der Waals surface area contributed by atoms with Crippen molar-refractivity contribution in [1.29, 1.82) is 0 Å². The van der Waals surface area contributed by atoms with Gasteiger partial charge in [-0.25, -0.2) is 0 Å². The fraction of sp³-hybridized carbons (Fsp3) is 0.318. The maximum absolute atomic E-state index is 12.6. The monoisotopic (exact) mass is 400 g/mol. The fourth-order valence-electron chi connectivity index (χ4n) is 3.24. The molecule has 0 aliphatic carbocycles. The Morgan fingerprint density at radius 3 is 2.54 bits per heavy atom. The maximum atomic E-state index is 12.6. The minimum absolute atomic E-state index is 0.00851. The van der Waals surface area contributed by atoms with Crippen LogP contribution in [0.2, 0.25) is 5.02 Å². The van der Waals surface area contributed by atoms with Gasteiger partial charge in [-0.05, 0) is 36.8 Å². The standard InChI is InChI=1S/C22H25ClN2O3/c1-3-6-17-9-10-20(21(15-17)27-2)28-16-22(26)25-13-11-24(12-14-25)19-8-5-4-7-18(19)23/h3-10,15H,11-14,16H2,1-2H3/b6-3+. The quantitative estimate of drug-likeness (QED) is 0.731. The van der Waals surface area contributed by atoms with E-state index in [2.05, 4.69) is 4.90 Å². The van der Waals surface area contributed by atoms with Crippen molar-refractivity contribution >= 4 is 29.3 Å². The molecule has 0 aromatic heterocycles. The van der Waals surface area contributed by atoms with Crippen molar-refractivity contribution < 1.29 is 14.3 Å². The SMILES string of the molecule is C/C=C/c1ccc(OCC(=O)N2CCN(c3ccccc3Cl)CC2)c(OC)c1. The van der Waals surface area contributed by atoms with E-state index in [4.69, 9.17) is 21.1 Å². The highest BCUT2D eigenvalue weighted by Crippen LogP contribution is 2.29. The van der Waals surface area contributed by atoms with Crippen LogP contribution in [0.25, 0.3) is 6.08 Å². The Morgan fingerprint density at radius 1 is 1.11 bits per heavy atom. The molecule has 2 aromatic rings. The van der Waals surface area contributed by atoms with Crippen molar-refractivity contribution in [2.24, 2.45) is 0 Å². The van der Waals surface area contributed by atoms with E-state index in [1.54, 1.807) is 7.11 Å². The summed E-state index contributed by atoms with van der Waals surface area (Å²) < 4.78 is 11.1. The van der Waals surface area contributed by atoms with Gasteiger partial charge in [0.1, 0.15) is 0 Å². The lowest BCUT2D eigenvalue weighted by Gasteiger charge is -2.36. The van der Waals surface area contributed by atoms with Gasteiger partial charge in [-0.1, -0.05) is 42.0 Å². The molecule has 5 nitrogen and oxygen atoms in total. The third-order valence-electron chi connectivity index (χ3n) is 4.72. The lowest BCUT2D eigenvalue weighted by atomic mass is 10.2. The van der Waals surface area contributed by atoms with E-state index in [0.717, 1.165) is 29.4 Å². The maximum Gasteiger partial charge on any atom is 0.260 e. The predicted octanol–water partition coefficient (Wildman–Crippen LogP) is 4.11. The summed E-state index contributed by atoms with van der Waals surface area (Å²) >= 11 is 6.28.